The summed E-state index contributed by atoms with van der Waals surface area (Å²) >= 11 is 1.29. The summed E-state index contributed by atoms with van der Waals surface area (Å²) in [5.74, 6) is 0.0431. The van der Waals surface area contributed by atoms with Crippen LogP contribution in [0.2, 0.25) is 0 Å². The molecule has 0 bridgehead atoms. The van der Waals surface area contributed by atoms with Crippen molar-refractivity contribution >= 4 is 27.9 Å². The summed E-state index contributed by atoms with van der Waals surface area (Å²) in [7, 11) is 0. The van der Waals surface area contributed by atoms with E-state index in [4.69, 9.17) is 20.9 Å². The third kappa shape index (κ3) is 2.99. The first-order valence-corrected chi connectivity index (χ1v) is 7.47. The molecule has 1 atom stereocenters. The van der Waals surface area contributed by atoms with E-state index in [1.807, 2.05) is 20.8 Å². The number of hydrogen-bond donors (Lipinski definition) is 2. The topological polar surface area (TPSA) is 90.8 Å². The normalized spacial score (nSPS) is 19.4. The predicted octanol–water partition coefficient (Wildman–Crippen LogP) is 1.44. The smallest absolute Gasteiger partial charge is 0.261 e. The number of carbonyl (C=O) groups excluding carboxylic acids is 1. The summed E-state index contributed by atoms with van der Waals surface area (Å²) < 4.78 is 11.3. The summed E-state index contributed by atoms with van der Waals surface area (Å²) in [5, 5.41) is 0.861. The van der Waals surface area contributed by atoms with Gasteiger partial charge in [0.05, 0.1) is 18.8 Å². The highest BCUT2D eigenvalue weighted by Gasteiger charge is 2.27. The van der Waals surface area contributed by atoms with E-state index in [0.29, 0.717) is 22.9 Å². The van der Waals surface area contributed by atoms with Gasteiger partial charge in [-0.25, -0.2) is 0 Å². The molecule has 1 unspecified atom stereocenters. The summed E-state index contributed by atoms with van der Waals surface area (Å²) in [6.45, 7) is 8.00. The molecule has 1 aromatic heterocycles. The van der Waals surface area contributed by atoms with Crippen molar-refractivity contribution in [1.82, 2.24) is 0 Å². The molecular formula is C13H21N3O3S. The van der Waals surface area contributed by atoms with Gasteiger partial charge in [-0.2, -0.15) is 0 Å². The Morgan fingerprint density at radius 3 is 2.80 bits per heavy atom. The lowest BCUT2D eigenvalue weighted by Crippen LogP contribution is -2.40. The van der Waals surface area contributed by atoms with Gasteiger partial charge in [-0.3, -0.25) is 4.79 Å². The van der Waals surface area contributed by atoms with E-state index in [0.717, 1.165) is 18.1 Å². The number of hydrogen-bond acceptors (Lipinski definition) is 6. The van der Waals surface area contributed by atoms with Gasteiger partial charge in [0, 0.05) is 13.1 Å². The van der Waals surface area contributed by atoms with Crippen molar-refractivity contribution in [2.45, 2.75) is 33.0 Å². The number of nitrogen functional groups attached to an aromatic ring is 1. The molecule has 4 N–H and O–H groups in total. The van der Waals surface area contributed by atoms with Crippen molar-refractivity contribution in [3.05, 3.63) is 4.88 Å². The number of morpholine rings is 1. The molecule has 0 aromatic carbocycles. The van der Waals surface area contributed by atoms with Crippen LogP contribution in [-0.4, -0.2) is 37.8 Å². The van der Waals surface area contributed by atoms with Crippen molar-refractivity contribution in [3.8, 4) is 5.75 Å². The van der Waals surface area contributed by atoms with Crippen LogP contribution in [0.1, 0.15) is 30.4 Å². The Balaban J connectivity index is 2.39. The molecule has 0 aliphatic carbocycles. The van der Waals surface area contributed by atoms with Crippen LogP contribution in [0.3, 0.4) is 0 Å². The van der Waals surface area contributed by atoms with Crippen LogP contribution in [0.5, 0.6) is 5.75 Å². The number of nitrogens with two attached hydrogens (primary N) is 2. The second kappa shape index (κ2) is 5.88. The average Bonchev–Trinajstić information content (AvgIpc) is 2.67. The minimum Gasteiger partial charge on any atom is -0.486 e. The maximum Gasteiger partial charge on any atom is 0.261 e. The van der Waals surface area contributed by atoms with Crippen molar-refractivity contribution in [1.29, 1.82) is 0 Å². The van der Waals surface area contributed by atoms with Gasteiger partial charge in [0.1, 0.15) is 15.6 Å². The van der Waals surface area contributed by atoms with Crippen molar-refractivity contribution in [3.63, 3.8) is 0 Å². The zero-order valence-corrected chi connectivity index (χ0v) is 12.8. The van der Waals surface area contributed by atoms with Gasteiger partial charge in [-0.05, 0) is 20.8 Å². The number of thiophene rings is 1. The van der Waals surface area contributed by atoms with Crippen LogP contribution in [0.25, 0.3) is 0 Å². The van der Waals surface area contributed by atoms with E-state index < -0.39 is 5.91 Å². The zero-order chi connectivity index (χ0) is 14.9. The molecule has 7 heteroatoms. The molecule has 2 heterocycles. The highest BCUT2D eigenvalue weighted by atomic mass is 32.1. The maximum atomic E-state index is 11.5. The van der Waals surface area contributed by atoms with E-state index in [9.17, 15) is 4.79 Å². The van der Waals surface area contributed by atoms with E-state index in [1.54, 1.807) is 0 Å². The first-order valence-electron chi connectivity index (χ1n) is 6.65. The number of nitrogens with zero attached hydrogens (tertiary/aromatic N) is 1. The molecule has 1 aliphatic heterocycles. The Bertz CT molecular complexity index is 501. The van der Waals surface area contributed by atoms with Gasteiger partial charge in [0.15, 0.2) is 5.75 Å². The van der Waals surface area contributed by atoms with Crippen LogP contribution >= 0.6 is 11.3 Å². The molecule has 0 spiro atoms. The largest absolute Gasteiger partial charge is 0.486 e. The third-order valence-electron chi connectivity index (χ3n) is 2.99. The Morgan fingerprint density at radius 2 is 2.25 bits per heavy atom. The number of rotatable bonds is 4. The number of anilines is 2. The van der Waals surface area contributed by atoms with Gasteiger partial charge in [-0.1, -0.05) is 0 Å². The lowest BCUT2D eigenvalue weighted by Gasteiger charge is -2.32. The number of amides is 1. The van der Waals surface area contributed by atoms with Gasteiger partial charge < -0.3 is 25.8 Å². The highest BCUT2D eigenvalue weighted by Crippen LogP contribution is 2.45. The third-order valence-corrected chi connectivity index (χ3v) is 4.25. The maximum absolute atomic E-state index is 11.5. The summed E-state index contributed by atoms with van der Waals surface area (Å²) in [5.41, 5.74) is 11.7. The van der Waals surface area contributed by atoms with Crippen LogP contribution in [0, 0.1) is 0 Å². The molecule has 2 rings (SSSR count). The minimum atomic E-state index is -0.520. The van der Waals surface area contributed by atoms with Gasteiger partial charge in [-0.15, -0.1) is 11.3 Å². The highest BCUT2D eigenvalue weighted by molar-refractivity contribution is 7.19. The molecule has 1 aromatic rings. The number of primary amides is 1. The quantitative estimate of drug-likeness (QED) is 0.878. The van der Waals surface area contributed by atoms with Crippen molar-refractivity contribution in [2.24, 2.45) is 5.73 Å². The molecule has 20 heavy (non-hydrogen) atoms. The van der Waals surface area contributed by atoms with Crippen LogP contribution in [-0.2, 0) is 4.74 Å². The molecule has 1 saturated heterocycles. The van der Waals surface area contributed by atoms with Crippen LogP contribution < -0.4 is 21.1 Å². The van der Waals surface area contributed by atoms with Gasteiger partial charge in [0.2, 0.25) is 0 Å². The fourth-order valence-electron chi connectivity index (χ4n) is 2.16. The van der Waals surface area contributed by atoms with Gasteiger partial charge in [0.25, 0.3) is 5.91 Å². The van der Waals surface area contributed by atoms with E-state index in [-0.39, 0.29) is 12.2 Å². The van der Waals surface area contributed by atoms with Crippen LogP contribution in [0.15, 0.2) is 0 Å². The first kappa shape index (κ1) is 14.9. The standard InChI is InChI=1S/C13H21N3O3S/c1-7(2)19-10-9(14)11(12(15)17)20-13(10)16-4-5-18-8(3)6-16/h7-8H,4-6,14H2,1-3H3,(H2,15,17). The first-order chi connectivity index (χ1) is 9.40. The molecule has 112 valence electrons. The van der Waals surface area contributed by atoms with E-state index in [2.05, 4.69) is 4.90 Å². The molecular weight excluding hydrogens is 278 g/mol. The average molecular weight is 299 g/mol. The SMILES string of the molecule is CC(C)Oc1c(N2CCOC(C)C2)sc(C(N)=O)c1N. The Hall–Kier alpha value is -1.47. The summed E-state index contributed by atoms with van der Waals surface area (Å²) in [4.78, 5) is 14.0. The zero-order valence-electron chi connectivity index (χ0n) is 12.0. The summed E-state index contributed by atoms with van der Waals surface area (Å²) in [6.07, 6.45) is 0.112. The minimum absolute atomic E-state index is 0.0233. The lowest BCUT2D eigenvalue weighted by molar-refractivity contribution is 0.0532. The Kier molecular flexibility index (Phi) is 4.39. The fourth-order valence-corrected chi connectivity index (χ4v) is 3.20. The van der Waals surface area contributed by atoms with Crippen molar-refractivity contribution < 1.29 is 14.3 Å². The summed E-state index contributed by atoms with van der Waals surface area (Å²) in [6, 6.07) is 0. The second-order valence-electron chi connectivity index (χ2n) is 5.14. The number of ether oxygens (including phenoxy) is 2. The molecule has 0 radical (unpaired) electrons. The monoisotopic (exact) mass is 299 g/mol. The molecule has 1 aliphatic rings. The molecule has 1 amide bonds. The van der Waals surface area contributed by atoms with E-state index in [1.165, 1.54) is 11.3 Å². The fraction of sp³-hybridized carbons (Fsp3) is 0.615. The van der Waals surface area contributed by atoms with Gasteiger partial charge >= 0.3 is 0 Å². The second-order valence-corrected chi connectivity index (χ2v) is 6.14. The van der Waals surface area contributed by atoms with Crippen LogP contribution in [0.4, 0.5) is 10.7 Å². The molecule has 0 saturated carbocycles. The predicted molar refractivity (Wildman–Crippen MR) is 80.6 cm³/mol. The Labute approximate surface area is 122 Å². The lowest BCUT2D eigenvalue weighted by atomic mass is 10.3. The molecule has 1 fully saturated rings. The molecule has 6 nitrogen and oxygen atoms in total. The Morgan fingerprint density at radius 1 is 1.55 bits per heavy atom. The number of carbonyl (C=O) groups is 1. The van der Waals surface area contributed by atoms with Crippen molar-refractivity contribution in [2.75, 3.05) is 30.3 Å². The van der Waals surface area contributed by atoms with E-state index >= 15 is 0 Å².